The molecule has 0 saturated carbocycles. The molecule has 0 aliphatic heterocycles. The van der Waals surface area contributed by atoms with Crippen LogP contribution in [0.25, 0.3) is 22.8 Å². The number of carbonyl (C=O) groups excluding carboxylic acids is 1. The molecular formula is C18H15ClFN3O3. The van der Waals surface area contributed by atoms with Gasteiger partial charge >= 0.3 is 0 Å². The molecule has 0 aliphatic rings. The van der Waals surface area contributed by atoms with Gasteiger partial charge < -0.3 is 9.26 Å². The lowest BCUT2D eigenvalue weighted by molar-refractivity contribution is 0.112. The van der Waals surface area contributed by atoms with Crippen molar-refractivity contribution in [1.82, 2.24) is 15.1 Å². The molecule has 0 unspecified atom stereocenters. The van der Waals surface area contributed by atoms with Crippen LogP contribution < -0.4 is 4.74 Å². The normalized spacial score (nSPS) is 11.0. The number of halogens is 2. The van der Waals surface area contributed by atoms with Crippen molar-refractivity contribution < 1.29 is 18.4 Å². The lowest BCUT2D eigenvalue weighted by atomic mass is 10.1. The molecule has 6 nitrogen and oxygen atoms in total. The molecular weight excluding hydrogens is 361 g/mol. The van der Waals surface area contributed by atoms with Gasteiger partial charge in [0, 0.05) is 11.8 Å². The highest BCUT2D eigenvalue weighted by molar-refractivity contribution is 6.32. The molecule has 0 aliphatic carbocycles. The van der Waals surface area contributed by atoms with Gasteiger partial charge in [-0.25, -0.2) is 9.37 Å². The Bertz CT molecular complexity index is 943. The van der Waals surface area contributed by atoms with Crippen LogP contribution in [0.1, 0.15) is 24.2 Å². The Kier molecular flexibility index (Phi) is 5.27. The van der Waals surface area contributed by atoms with E-state index in [1.165, 1.54) is 24.4 Å². The number of nitrogens with zero attached hydrogens (tertiary/aromatic N) is 3. The summed E-state index contributed by atoms with van der Waals surface area (Å²) in [6.45, 7) is 4.54. The van der Waals surface area contributed by atoms with Gasteiger partial charge in [0.25, 0.3) is 5.89 Å². The predicted octanol–water partition coefficient (Wildman–Crippen LogP) is 4.44. The van der Waals surface area contributed by atoms with E-state index in [4.69, 9.17) is 20.9 Å². The van der Waals surface area contributed by atoms with E-state index in [0.717, 1.165) is 0 Å². The van der Waals surface area contributed by atoms with Crippen LogP contribution in [-0.2, 0) is 0 Å². The second kappa shape index (κ2) is 7.61. The molecule has 3 rings (SSSR count). The second-order valence-corrected chi connectivity index (χ2v) is 6.40. The van der Waals surface area contributed by atoms with Gasteiger partial charge in [-0.2, -0.15) is 4.98 Å². The Morgan fingerprint density at radius 3 is 2.77 bits per heavy atom. The smallest absolute Gasteiger partial charge is 0.259 e. The number of benzene rings is 1. The van der Waals surface area contributed by atoms with Crippen molar-refractivity contribution in [3.63, 3.8) is 0 Å². The first-order valence-electron chi connectivity index (χ1n) is 7.85. The van der Waals surface area contributed by atoms with Crippen molar-refractivity contribution in [2.24, 2.45) is 5.92 Å². The Morgan fingerprint density at radius 1 is 1.31 bits per heavy atom. The molecule has 0 amide bonds. The predicted molar refractivity (Wildman–Crippen MR) is 93.7 cm³/mol. The van der Waals surface area contributed by atoms with Crippen LogP contribution in [0.2, 0.25) is 5.02 Å². The van der Waals surface area contributed by atoms with E-state index in [1.54, 1.807) is 6.07 Å². The van der Waals surface area contributed by atoms with Crippen LogP contribution >= 0.6 is 11.6 Å². The standard InChI is InChI=1S/C18H15ClFN3O3/c1-10(2)9-25-18-14(19)5-13(7-21-18)17-22-16(23-26-17)11-3-4-12(8-24)15(20)6-11/h3-8,10H,9H2,1-2H3. The third-order valence-corrected chi connectivity index (χ3v) is 3.69. The molecule has 2 aromatic heterocycles. The lowest BCUT2D eigenvalue weighted by Crippen LogP contribution is -2.06. The van der Waals surface area contributed by atoms with Crippen molar-refractivity contribution in [2.75, 3.05) is 6.61 Å². The lowest BCUT2D eigenvalue weighted by Gasteiger charge is -2.09. The molecule has 3 aromatic rings. The third-order valence-electron chi connectivity index (χ3n) is 3.42. The van der Waals surface area contributed by atoms with E-state index in [2.05, 4.69) is 15.1 Å². The number of aldehydes is 1. The monoisotopic (exact) mass is 375 g/mol. The van der Waals surface area contributed by atoms with Gasteiger partial charge in [0.1, 0.15) is 10.8 Å². The van der Waals surface area contributed by atoms with Gasteiger partial charge in [0.2, 0.25) is 11.7 Å². The van der Waals surface area contributed by atoms with Crippen LogP contribution in [0.5, 0.6) is 5.88 Å². The maximum absolute atomic E-state index is 13.7. The summed E-state index contributed by atoms with van der Waals surface area (Å²) in [4.78, 5) is 19.1. The van der Waals surface area contributed by atoms with Crippen LogP contribution in [-0.4, -0.2) is 28.0 Å². The Balaban J connectivity index is 1.84. The van der Waals surface area contributed by atoms with Crippen molar-refractivity contribution in [3.05, 3.63) is 46.9 Å². The van der Waals surface area contributed by atoms with Gasteiger partial charge in [-0.1, -0.05) is 36.7 Å². The first-order chi connectivity index (χ1) is 12.5. The van der Waals surface area contributed by atoms with Crippen LogP contribution in [0, 0.1) is 11.7 Å². The summed E-state index contributed by atoms with van der Waals surface area (Å²) in [7, 11) is 0. The van der Waals surface area contributed by atoms with Gasteiger partial charge in [-0.05, 0) is 24.1 Å². The molecule has 0 atom stereocenters. The SMILES string of the molecule is CC(C)COc1ncc(-c2nc(-c3ccc(C=O)c(F)c3)no2)cc1Cl. The van der Waals surface area contributed by atoms with Gasteiger partial charge in [0.15, 0.2) is 6.29 Å². The number of hydrogen-bond donors (Lipinski definition) is 0. The topological polar surface area (TPSA) is 78.1 Å². The van der Waals surface area contributed by atoms with Gasteiger partial charge in [0.05, 0.1) is 17.7 Å². The fourth-order valence-electron chi connectivity index (χ4n) is 2.11. The molecule has 8 heteroatoms. The number of ether oxygens (including phenoxy) is 1. The molecule has 0 radical (unpaired) electrons. The minimum atomic E-state index is -0.653. The number of pyridine rings is 1. The van der Waals surface area contributed by atoms with Crippen LogP contribution in [0.15, 0.2) is 35.0 Å². The highest BCUT2D eigenvalue weighted by Crippen LogP contribution is 2.29. The number of carbonyl (C=O) groups is 1. The largest absolute Gasteiger partial charge is 0.476 e. The van der Waals surface area contributed by atoms with E-state index < -0.39 is 5.82 Å². The quantitative estimate of drug-likeness (QED) is 0.593. The Morgan fingerprint density at radius 2 is 2.12 bits per heavy atom. The zero-order valence-electron chi connectivity index (χ0n) is 14.1. The maximum atomic E-state index is 13.7. The summed E-state index contributed by atoms with van der Waals surface area (Å²) < 4.78 is 24.5. The first-order valence-corrected chi connectivity index (χ1v) is 8.23. The summed E-state index contributed by atoms with van der Waals surface area (Å²) in [6.07, 6.45) is 1.95. The van der Waals surface area contributed by atoms with Crippen LogP contribution in [0.4, 0.5) is 4.39 Å². The van der Waals surface area contributed by atoms with E-state index >= 15 is 0 Å². The zero-order valence-corrected chi connectivity index (χ0v) is 14.8. The summed E-state index contributed by atoms with van der Waals surface area (Å²) in [6, 6.07) is 5.67. The van der Waals surface area contributed by atoms with Crippen molar-refractivity contribution in [2.45, 2.75) is 13.8 Å². The number of aromatic nitrogens is 3. The fraction of sp³-hybridized carbons (Fsp3) is 0.222. The highest BCUT2D eigenvalue weighted by Gasteiger charge is 2.15. The van der Waals surface area contributed by atoms with Crippen molar-refractivity contribution in [1.29, 1.82) is 0 Å². The summed E-state index contributed by atoms with van der Waals surface area (Å²) in [5, 5.41) is 4.15. The van der Waals surface area contributed by atoms with Crippen LogP contribution in [0.3, 0.4) is 0 Å². The Labute approximate surface area is 154 Å². The average molecular weight is 376 g/mol. The van der Waals surface area contributed by atoms with E-state index in [-0.39, 0.29) is 17.3 Å². The number of rotatable bonds is 6. The minimum absolute atomic E-state index is 0.0366. The molecule has 0 bridgehead atoms. The molecule has 0 N–H and O–H groups in total. The van der Waals surface area contributed by atoms with Gasteiger partial charge in [-0.15, -0.1) is 0 Å². The Hall–Kier alpha value is -2.80. The van der Waals surface area contributed by atoms with E-state index in [1.807, 2.05) is 13.8 Å². The first kappa shape index (κ1) is 18.0. The molecule has 2 heterocycles. The van der Waals surface area contributed by atoms with Gasteiger partial charge in [-0.3, -0.25) is 4.79 Å². The maximum Gasteiger partial charge on any atom is 0.259 e. The fourth-order valence-corrected chi connectivity index (χ4v) is 2.33. The molecule has 0 spiro atoms. The third kappa shape index (κ3) is 3.88. The number of hydrogen-bond acceptors (Lipinski definition) is 6. The van der Waals surface area contributed by atoms with Crippen molar-refractivity contribution >= 4 is 17.9 Å². The minimum Gasteiger partial charge on any atom is -0.476 e. The average Bonchev–Trinajstić information content (AvgIpc) is 3.10. The van der Waals surface area contributed by atoms with E-state index in [0.29, 0.717) is 40.8 Å². The second-order valence-electron chi connectivity index (χ2n) is 5.99. The molecule has 0 saturated heterocycles. The summed E-state index contributed by atoms with van der Waals surface area (Å²) >= 11 is 6.18. The highest BCUT2D eigenvalue weighted by atomic mass is 35.5. The van der Waals surface area contributed by atoms with E-state index in [9.17, 15) is 9.18 Å². The summed E-state index contributed by atoms with van der Waals surface area (Å²) in [5.41, 5.74) is 0.861. The molecule has 0 fully saturated rings. The molecule has 1 aromatic carbocycles. The summed E-state index contributed by atoms with van der Waals surface area (Å²) in [5.74, 6) is 0.393. The van der Waals surface area contributed by atoms with Crippen molar-refractivity contribution in [3.8, 4) is 28.7 Å². The molecule has 134 valence electrons. The molecule has 26 heavy (non-hydrogen) atoms. The zero-order chi connectivity index (χ0) is 18.7.